The molecule has 0 bridgehead atoms. The Labute approximate surface area is 99.2 Å². The zero-order valence-electron chi connectivity index (χ0n) is 9.75. The van der Waals surface area contributed by atoms with Crippen molar-refractivity contribution in [2.75, 3.05) is 5.73 Å². The maximum atomic E-state index is 9.55. The highest BCUT2D eigenvalue weighted by atomic mass is 16.3. The number of aromatic hydroxyl groups is 1. The zero-order chi connectivity index (χ0) is 12.4. The first kappa shape index (κ1) is 11.2. The van der Waals surface area contributed by atoms with Crippen LogP contribution in [-0.2, 0) is 0 Å². The second kappa shape index (κ2) is 4.29. The highest BCUT2D eigenvalue weighted by Gasteiger charge is 1.99. The van der Waals surface area contributed by atoms with E-state index in [0.717, 1.165) is 16.8 Å². The number of anilines is 1. The molecular formula is C12H14N4O. The van der Waals surface area contributed by atoms with Crippen LogP contribution in [0.25, 0.3) is 0 Å². The van der Waals surface area contributed by atoms with Crippen molar-refractivity contribution in [3.8, 4) is 5.75 Å². The van der Waals surface area contributed by atoms with Gasteiger partial charge in [-0.3, -0.25) is 0 Å². The second-order valence-electron chi connectivity index (χ2n) is 3.88. The van der Waals surface area contributed by atoms with Crippen molar-refractivity contribution < 1.29 is 5.11 Å². The summed E-state index contributed by atoms with van der Waals surface area (Å²) in [5.41, 5.74) is 8.10. The maximum absolute atomic E-state index is 9.55. The third-order valence-corrected chi connectivity index (χ3v) is 2.40. The summed E-state index contributed by atoms with van der Waals surface area (Å²) in [7, 11) is 0. The van der Waals surface area contributed by atoms with Crippen LogP contribution in [0.3, 0.4) is 0 Å². The molecule has 0 spiro atoms. The van der Waals surface area contributed by atoms with Crippen molar-refractivity contribution >= 4 is 12.2 Å². The molecule has 0 aliphatic carbocycles. The van der Waals surface area contributed by atoms with Gasteiger partial charge < -0.3 is 10.8 Å². The summed E-state index contributed by atoms with van der Waals surface area (Å²) in [5, 5.41) is 13.7. The lowest BCUT2D eigenvalue weighted by molar-refractivity contribution is 0.471. The molecule has 0 unspecified atom stereocenters. The van der Waals surface area contributed by atoms with Crippen LogP contribution < -0.4 is 5.73 Å². The number of nitrogen functional groups attached to an aromatic ring is 1. The lowest BCUT2D eigenvalue weighted by Crippen LogP contribution is -1.96. The summed E-state index contributed by atoms with van der Waals surface area (Å²) in [6, 6.07) is 5.36. The Bertz CT molecular complexity index is 572. The van der Waals surface area contributed by atoms with Crippen LogP contribution in [0.15, 0.2) is 29.5 Å². The van der Waals surface area contributed by atoms with Crippen LogP contribution in [0.2, 0.25) is 0 Å². The second-order valence-corrected chi connectivity index (χ2v) is 3.88. The summed E-state index contributed by atoms with van der Waals surface area (Å²) in [6.07, 6.45) is 3.36. The number of benzene rings is 1. The van der Waals surface area contributed by atoms with Gasteiger partial charge in [-0.1, -0.05) is 12.1 Å². The summed E-state index contributed by atoms with van der Waals surface area (Å²) in [4.78, 5) is 4.03. The molecule has 1 aromatic heterocycles. The van der Waals surface area contributed by atoms with Crippen LogP contribution in [0.4, 0.5) is 5.95 Å². The molecule has 1 aromatic carbocycles. The van der Waals surface area contributed by atoms with Crippen molar-refractivity contribution in [1.29, 1.82) is 0 Å². The highest BCUT2D eigenvalue weighted by molar-refractivity contribution is 5.80. The molecule has 0 aliphatic rings. The predicted molar refractivity (Wildman–Crippen MR) is 67.2 cm³/mol. The zero-order valence-corrected chi connectivity index (χ0v) is 9.75. The number of hydrogen-bond acceptors (Lipinski definition) is 4. The van der Waals surface area contributed by atoms with Gasteiger partial charge in [-0.15, -0.1) is 0 Å². The van der Waals surface area contributed by atoms with Gasteiger partial charge in [0, 0.05) is 0 Å². The molecule has 0 atom stereocenters. The number of hydrogen-bond donors (Lipinski definition) is 2. The third kappa shape index (κ3) is 2.44. The lowest BCUT2D eigenvalue weighted by atomic mass is 10.1. The lowest BCUT2D eigenvalue weighted by Gasteiger charge is -1.99. The molecule has 0 saturated carbocycles. The van der Waals surface area contributed by atoms with Crippen molar-refractivity contribution in [2.45, 2.75) is 13.8 Å². The van der Waals surface area contributed by atoms with E-state index >= 15 is 0 Å². The van der Waals surface area contributed by atoms with Gasteiger partial charge in [-0.2, -0.15) is 5.10 Å². The highest BCUT2D eigenvalue weighted by Crippen LogP contribution is 2.16. The normalized spacial score (nSPS) is 11.2. The SMILES string of the molecule is Cc1cn(N=Cc2ccc(C)c(O)c2)c(N)n1. The van der Waals surface area contributed by atoms with Crippen LogP contribution >= 0.6 is 0 Å². The first-order valence-electron chi connectivity index (χ1n) is 5.21. The van der Waals surface area contributed by atoms with Gasteiger partial charge in [0.15, 0.2) is 0 Å². The van der Waals surface area contributed by atoms with E-state index in [1.54, 1.807) is 18.5 Å². The van der Waals surface area contributed by atoms with Crippen molar-refractivity contribution in [3.63, 3.8) is 0 Å². The molecular weight excluding hydrogens is 216 g/mol. The molecule has 17 heavy (non-hydrogen) atoms. The number of aromatic nitrogens is 2. The average molecular weight is 230 g/mol. The molecule has 0 fully saturated rings. The minimum Gasteiger partial charge on any atom is -0.508 e. The number of nitrogens with zero attached hydrogens (tertiary/aromatic N) is 3. The Hall–Kier alpha value is -2.30. The van der Waals surface area contributed by atoms with Crippen LogP contribution in [-0.4, -0.2) is 21.0 Å². The molecule has 2 rings (SSSR count). The monoisotopic (exact) mass is 230 g/mol. The number of aryl methyl sites for hydroxylation is 2. The maximum Gasteiger partial charge on any atom is 0.221 e. The molecule has 0 saturated heterocycles. The van der Waals surface area contributed by atoms with Crippen molar-refractivity contribution in [1.82, 2.24) is 9.66 Å². The smallest absolute Gasteiger partial charge is 0.221 e. The third-order valence-electron chi connectivity index (χ3n) is 2.40. The van der Waals surface area contributed by atoms with Gasteiger partial charge in [0.25, 0.3) is 0 Å². The molecule has 0 aliphatic heterocycles. The molecule has 3 N–H and O–H groups in total. The van der Waals surface area contributed by atoms with Gasteiger partial charge in [0.2, 0.25) is 5.95 Å². The van der Waals surface area contributed by atoms with Crippen molar-refractivity contribution in [3.05, 3.63) is 41.2 Å². The molecule has 2 aromatic rings. The van der Waals surface area contributed by atoms with Gasteiger partial charge in [-0.05, 0) is 31.0 Å². The van der Waals surface area contributed by atoms with Gasteiger partial charge in [0.1, 0.15) is 5.75 Å². The fourth-order valence-electron chi connectivity index (χ4n) is 1.43. The summed E-state index contributed by atoms with van der Waals surface area (Å²) in [5.74, 6) is 0.596. The first-order valence-corrected chi connectivity index (χ1v) is 5.21. The van der Waals surface area contributed by atoms with E-state index in [1.165, 1.54) is 4.68 Å². The summed E-state index contributed by atoms with van der Waals surface area (Å²) < 4.78 is 1.49. The fraction of sp³-hybridized carbons (Fsp3) is 0.167. The van der Waals surface area contributed by atoms with Gasteiger partial charge >= 0.3 is 0 Å². The van der Waals surface area contributed by atoms with Crippen LogP contribution in [0.1, 0.15) is 16.8 Å². The molecule has 5 heteroatoms. The standard InChI is InChI=1S/C12H14N4O/c1-8-3-4-10(5-11(8)17)6-14-16-7-9(2)15-12(16)13/h3-7,17H,1-2H3,(H2,13,15). The molecule has 1 heterocycles. The van der Waals surface area contributed by atoms with E-state index in [2.05, 4.69) is 10.1 Å². The van der Waals surface area contributed by atoms with Crippen LogP contribution in [0.5, 0.6) is 5.75 Å². The Morgan fingerprint density at radius 1 is 1.41 bits per heavy atom. The van der Waals surface area contributed by atoms with E-state index in [4.69, 9.17) is 5.73 Å². The summed E-state index contributed by atoms with van der Waals surface area (Å²) >= 11 is 0. The van der Waals surface area contributed by atoms with E-state index in [-0.39, 0.29) is 5.75 Å². The molecule has 88 valence electrons. The van der Waals surface area contributed by atoms with Crippen molar-refractivity contribution in [2.24, 2.45) is 5.10 Å². The Morgan fingerprint density at radius 2 is 2.18 bits per heavy atom. The number of nitrogens with two attached hydrogens (primary N) is 1. The van der Waals surface area contributed by atoms with E-state index in [0.29, 0.717) is 5.95 Å². The van der Waals surface area contributed by atoms with Crippen LogP contribution in [0, 0.1) is 13.8 Å². The topological polar surface area (TPSA) is 76.4 Å². The number of rotatable bonds is 2. The Balaban J connectivity index is 2.26. The molecule has 0 radical (unpaired) electrons. The Kier molecular flexibility index (Phi) is 2.82. The Morgan fingerprint density at radius 3 is 2.76 bits per heavy atom. The number of phenols is 1. The quantitative estimate of drug-likeness (QED) is 0.770. The molecule has 0 amide bonds. The molecule has 5 nitrogen and oxygen atoms in total. The van der Waals surface area contributed by atoms with E-state index in [9.17, 15) is 5.11 Å². The predicted octanol–water partition coefficient (Wildman–Crippen LogP) is 1.67. The van der Waals surface area contributed by atoms with Gasteiger partial charge in [0.05, 0.1) is 18.1 Å². The first-order chi connectivity index (χ1) is 8.06. The van der Waals surface area contributed by atoms with E-state index in [1.807, 2.05) is 26.0 Å². The largest absolute Gasteiger partial charge is 0.508 e. The minimum absolute atomic E-state index is 0.253. The minimum atomic E-state index is 0.253. The van der Waals surface area contributed by atoms with Gasteiger partial charge in [-0.25, -0.2) is 9.66 Å². The summed E-state index contributed by atoms with van der Waals surface area (Å²) in [6.45, 7) is 3.69. The number of imidazole rings is 1. The number of phenolic OH excluding ortho intramolecular Hbond substituents is 1. The fourth-order valence-corrected chi connectivity index (χ4v) is 1.43. The van der Waals surface area contributed by atoms with E-state index < -0.39 is 0 Å². The average Bonchev–Trinajstić information content (AvgIpc) is 2.59.